The minimum atomic E-state index is -0.965. The molecular weight excluding hydrogens is 240 g/mol. The number of aromatic nitrogens is 1. The van der Waals surface area contributed by atoms with E-state index in [1.54, 1.807) is 0 Å². The van der Waals surface area contributed by atoms with E-state index in [1.807, 2.05) is 24.4 Å². The molecule has 0 bridgehead atoms. The fourth-order valence-electron chi connectivity index (χ4n) is 2.29. The number of carboxylic acid groups (broad SMARTS) is 1. The lowest BCUT2D eigenvalue weighted by atomic mass is 10.1. The van der Waals surface area contributed by atoms with Crippen LogP contribution in [-0.4, -0.2) is 21.7 Å². The van der Waals surface area contributed by atoms with Gasteiger partial charge in [0, 0.05) is 29.1 Å². The summed E-state index contributed by atoms with van der Waals surface area (Å²) in [4.78, 5) is 10.9. The first-order chi connectivity index (χ1) is 8.80. The number of carbonyl (C=O) groups is 1. The van der Waals surface area contributed by atoms with Crippen LogP contribution in [-0.2, 0) is 16.8 Å². The van der Waals surface area contributed by atoms with E-state index in [0.29, 0.717) is 6.42 Å². The Hall–Kier alpha value is -1.81. The number of rotatable bonds is 3. The smallest absolute Gasteiger partial charge is 0.320 e. The van der Waals surface area contributed by atoms with Crippen LogP contribution in [0.4, 0.5) is 0 Å². The average molecular weight is 260 g/mol. The van der Waals surface area contributed by atoms with Crippen molar-refractivity contribution in [2.24, 2.45) is 5.73 Å². The lowest BCUT2D eigenvalue weighted by Gasteiger charge is -2.22. The van der Waals surface area contributed by atoms with Crippen LogP contribution in [0.1, 0.15) is 26.3 Å². The monoisotopic (exact) mass is 260 g/mol. The average Bonchev–Trinajstić information content (AvgIpc) is 2.68. The maximum Gasteiger partial charge on any atom is 0.320 e. The zero-order valence-corrected chi connectivity index (χ0v) is 11.6. The Morgan fingerprint density at radius 3 is 2.58 bits per heavy atom. The van der Waals surface area contributed by atoms with Gasteiger partial charge in [0.1, 0.15) is 6.04 Å². The van der Waals surface area contributed by atoms with Gasteiger partial charge in [0.05, 0.1) is 0 Å². The molecule has 102 valence electrons. The van der Waals surface area contributed by atoms with Gasteiger partial charge in [0.15, 0.2) is 0 Å². The highest BCUT2D eigenvalue weighted by atomic mass is 16.4. The maximum absolute atomic E-state index is 10.9. The van der Waals surface area contributed by atoms with Gasteiger partial charge in [-0.15, -0.1) is 0 Å². The van der Waals surface area contributed by atoms with Gasteiger partial charge in [0.25, 0.3) is 0 Å². The number of hydrogen-bond donors (Lipinski definition) is 2. The molecule has 4 nitrogen and oxygen atoms in total. The summed E-state index contributed by atoms with van der Waals surface area (Å²) in [5, 5.41) is 10.0. The van der Waals surface area contributed by atoms with E-state index in [1.165, 1.54) is 0 Å². The molecule has 0 fully saturated rings. The second-order valence-electron chi connectivity index (χ2n) is 5.86. The first-order valence-corrected chi connectivity index (χ1v) is 6.38. The van der Waals surface area contributed by atoms with E-state index in [9.17, 15) is 4.79 Å². The van der Waals surface area contributed by atoms with Crippen molar-refractivity contribution in [1.29, 1.82) is 0 Å². The molecule has 0 spiro atoms. The minimum Gasteiger partial charge on any atom is -0.480 e. The SMILES string of the molecule is CC(C)(C)n1cc(CC(N)C(=O)O)c2ccccc21. The number of nitrogens with two attached hydrogens (primary N) is 1. The Morgan fingerprint density at radius 2 is 2.00 bits per heavy atom. The highest BCUT2D eigenvalue weighted by molar-refractivity contribution is 5.85. The highest BCUT2D eigenvalue weighted by Crippen LogP contribution is 2.28. The molecule has 2 rings (SSSR count). The molecule has 0 amide bonds. The predicted octanol–water partition coefficient (Wildman–Crippen LogP) is 2.35. The Morgan fingerprint density at radius 1 is 1.37 bits per heavy atom. The molecule has 19 heavy (non-hydrogen) atoms. The van der Waals surface area contributed by atoms with Crippen molar-refractivity contribution >= 4 is 16.9 Å². The predicted molar refractivity (Wildman–Crippen MR) is 76.2 cm³/mol. The summed E-state index contributed by atoms with van der Waals surface area (Å²) in [6, 6.07) is 7.16. The van der Waals surface area contributed by atoms with Gasteiger partial charge in [-0.25, -0.2) is 0 Å². The Bertz CT molecular complexity index is 608. The van der Waals surface area contributed by atoms with Crippen molar-refractivity contribution in [3.8, 4) is 0 Å². The third kappa shape index (κ3) is 2.63. The first-order valence-electron chi connectivity index (χ1n) is 6.38. The quantitative estimate of drug-likeness (QED) is 0.890. The van der Waals surface area contributed by atoms with Crippen LogP contribution < -0.4 is 5.73 Å². The van der Waals surface area contributed by atoms with Gasteiger partial charge < -0.3 is 15.4 Å². The van der Waals surface area contributed by atoms with Crippen molar-refractivity contribution < 1.29 is 9.90 Å². The van der Waals surface area contributed by atoms with Crippen molar-refractivity contribution in [2.75, 3.05) is 0 Å². The van der Waals surface area contributed by atoms with Crippen molar-refractivity contribution in [1.82, 2.24) is 4.57 Å². The summed E-state index contributed by atoms with van der Waals surface area (Å²) in [7, 11) is 0. The molecule has 3 N–H and O–H groups in total. The van der Waals surface area contributed by atoms with Gasteiger partial charge in [-0.1, -0.05) is 18.2 Å². The molecule has 2 aromatic rings. The summed E-state index contributed by atoms with van der Waals surface area (Å²) in [5.74, 6) is -0.965. The fraction of sp³-hybridized carbons (Fsp3) is 0.400. The minimum absolute atomic E-state index is 0.0504. The fourth-order valence-corrected chi connectivity index (χ4v) is 2.29. The summed E-state index contributed by atoms with van der Waals surface area (Å²) in [5.41, 5.74) is 7.70. The summed E-state index contributed by atoms with van der Waals surface area (Å²) >= 11 is 0. The van der Waals surface area contributed by atoms with E-state index in [4.69, 9.17) is 10.8 Å². The number of para-hydroxylation sites is 1. The van der Waals surface area contributed by atoms with Crippen molar-refractivity contribution in [2.45, 2.75) is 38.8 Å². The number of fused-ring (bicyclic) bond motifs is 1. The molecule has 1 unspecified atom stereocenters. The molecule has 0 aliphatic heterocycles. The van der Waals surface area contributed by atoms with Crippen LogP contribution >= 0.6 is 0 Å². The molecular formula is C15H20N2O2. The van der Waals surface area contributed by atoms with Crippen LogP contribution in [0.3, 0.4) is 0 Å². The molecule has 1 aromatic heterocycles. The summed E-state index contributed by atoms with van der Waals surface area (Å²) < 4.78 is 2.17. The standard InChI is InChI=1S/C15H20N2O2/c1-15(2,3)17-9-10(8-12(16)14(18)19)11-6-4-5-7-13(11)17/h4-7,9,12H,8,16H2,1-3H3,(H,18,19). The number of aliphatic carboxylic acids is 1. The van der Waals surface area contributed by atoms with E-state index in [0.717, 1.165) is 16.5 Å². The van der Waals surface area contributed by atoms with Crippen molar-refractivity contribution in [3.63, 3.8) is 0 Å². The molecule has 0 radical (unpaired) electrons. The lowest BCUT2D eigenvalue weighted by molar-refractivity contribution is -0.138. The second-order valence-corrected chi connectivity index (χ2v) is 5.86. The topological polar surface area (TPSA) is 68.2 Å². The van der Waals surface area contributed by atoms with Gasteiger partial charge in [-0.2, -0.15) is 0 Å². The number of benzene rings is 1. The maximum atomic E-state index is 10.9. The molecule has 1 heterocycles. The van der Waals surface area contributed by atoms with Gasteiger partial charge >= 0.3 is 5.97 Å². The molecule has 0 saturated carbocycles. The number of hydrogen-bond acceptors (Lipinski definition) is 2. The summed E-state index contributed by atoms with van der Waals surface area (Å²) in [6.45, 7) is 6.38. The van der Waals surface area contributed by atoms with E-state index < -0.39 is 12.0 Å². The highest BCUT2D eigenvalue weighted by Gasteiger charge is 2.20. The largest absolute Gasteiger partial charge is 0.480 e. The van der Waals surface area contributed by atoms with E-state index in [2.05, 4.69) is 31.4 Å². The molecule has 1 atom stereocenters. The van der Waals surface area contributed by atoms with Crippen LogP contribution in [0.15, 0.2) is 30.5 Å². The number of carboxylic acids is 1. The molecule has 4 heteroatoms. The summed E-state index contributed by atoms with van der Waals surface area (Å²) in [6.07, 6.45) is 2.37. The zero-order valence-electron chi connectivity index (χ0n) is 11.6. The molecule has 0 aliphatic carbocycles. The van der Waals surface area contributed by atoms with Gasteiger partial charge in [-0.3, -0.25) is 4.79 Å². The number of nitrogens with zero attached hydrogens (tertiary/aromatic N) is 1. The molecule has 0 saturated heterocycles. The molecule has 0 aliphatic rings. The van der Waals surface area contributed by atoms with Crippen LogP contribution in [0, 0.1) is 0 Å². The third-order valence-electron chi connectivity index (χ3n) is 3.27. The third-order valence-corrected chi connectivity index (χ3v) is 3.27. The van der Waals surface area contributed by atoms with Crippen molar-refractivity contribution in [3.05, 3.63) is 36.0 Å². The Labute approximate surface area is 112 Å². The molecule has 1 aromatic carbocycles. The van der Waals surface area contributed by atoms with Crippen LogP contribution in [0.25, 0.3) is 10.9 Å². The Balaban J connectivity index is 2.54. The van der Waals surface area contributed by atoms with E-state index in [-0.39, 0.29) is 5.54 Å². The Kier molecular flexibility index (Phi) is 3.37. The second kappa shape index (κ2) is 4.70. The normalized spacial score (nSPS) is 13.7. The lowest BCUT2D eigenvalue weighted by Crippen LogP contribution is -2.32. The van der Waals surface area contributed by atoms with Gasteiger partial charge in [0.2, 0.25) is 0 Å². The van der Waals surface area contributed by atoms with Crippen LogP contribution in [0.2, 0.25) is 0 Å². The zero-order chi connectivity index (χ0) is 14.2. The van der Waals surface area contributed by atoms with Crippen LogP contribution in [0.5, 0.6) is 0 Å². The first kappa shape index (κ1) is 13.6. The van der Waals surface area contributed by atoms with Gasteiger partial charge in [-0.05, 0) is 32.4 Å². The van der Waals surface area contributed by atoms with E-state index >= 15 is 0 Å².